The van der Waals surface area contributed by atoms with Crippen molar-refractivity contribution in [2.45, 2.75) is 52.0 Å². The van der Waals surface area contributed by atoms with Gasteiger partial charge in [-0.15, -0.1) is 0 Å². The number of carbonyl (C=O) groups is 2. The van der Waals surface area contributed by atoms with Gasteiger partial charge < -0.3 is 9.47 Å². The van der Waals surface area contributed by atoms with Gasteiger partial charge in [-0.25, -0.2) is 4.79 Å². The molecule has 0 bridgehead atoms. The van der Waals surface area contributed by atoms with E-state index in [1.165, 1.54) is 11.0 Å². The highest BCUT2D eigenvalue weighted by Crippen LogP contribution is 2.30. The van der Waals surface area contributed by atoms with Crippen LogP contribution in [0.1, 0.15) is 40.2 Å². The molecule has 0 N–H and O–H groups in total. The highest BCUT2D eigenvalue weighted by Gasteiger charge is 2.48. The first-order valence-electron chi connectivity index (χ1n) is 8.03. The minimum atomic E-state index is -0.886. The summed E-state index contributed by atoms with van der Waals surface area (Å²) >= 11 is 0. The Morgan fingerprint density at radius 2 is 1.88 bits per heavy atom. The molecule has 0 radical (unpaired) electrons. The van der Waals surface area contributed by atoms with Crippen molar-refractivity contribution in [1.29, 1.82) is 0 Å². The van der Waals surface area contributed by atoms with E-state index in [9.17, 15) is 9.59 Å². The first-order valence-corrected chi connectivity index (χ1v) is 8.03. The highest BCUT2D eigenvalue weighted by atomic mass is 16.6. The van der Waals surface area contributed by atoms with Crippen LogP contribution in [0.25, 0.3) is 6.08 Å². The molecule has 1 fully saturated rings. The summed E-state index contributed by atoms with van der Waals surface area (Å²) in [4.78, 5) is 26.5. The second-order valence-corrected chi connectivity index (χ2v) is 7.27. The Bertz CT molecular complexity index is 629. The van der Waals surface area contributed by atoms with Gasteiger partial charge in [-0.2, -0.15) is 0 Å². The molecule has 1 heterocycles. The number of hydrogen-bond acceptors (Lipinski definition) is 4. The van der Waals surface area contributed by atoms with Gasteiger partial charge in [-0.05, 0) is 46.3 Å². The zero-order valence-electron chi connectivity index (χ0n) is 14.9. The van der Waals surface area contributed by atoms with E-state index < -0.39 is 23.5 Å². The topological polar surface area (TPSA) is 55.8 Å². The van der Waals surface area contributed by atoms with E-state index in [4.69, 9.17) is 9.47 Å². The molecular weight excluding hydrogens is 306 g/mol. The summed E-state index contributed by atoms with van der Waals surface area (Å²) in [5, 5.41) is 0. The van der Waals surface area contributed by atoms with Gasteiger partial charge in [0.2, 0.25) is 0 Å². The molecule has 0 spiro atoms. The van der Waals surface area contributed by atoms with Gasteiger partial charge in [0.1, 0.15) is 17.4 Å². The summed E-state index contributed by atoms with van der Waals surface area (Å²) in [6.07, 6.45) is 2.68. The Morgan fingerprint density at radius 1 is 1.25 bits per heavy atom. The zero-order chi connectivity index (χ0) is 18.0. The van der Waals surface area contributed by atoms with Crippen LogP contribution in [0.4, 0.5) is 4.79 Å². The third-order valence-electron chi connectivity index (χ3n) is 3.64. The third-order valence-corrected chi connectivity index (χ3v) is 3.64. The second-order valence-electron chi connectivity index (χ2n) is 7.27. The molecule has 0 aromatic heterocycles. The highest BCUT2D eigenvalue weighted by molar-refractivity contribution is 5.99. The predicted octanol–water partition coefficient (Wildman–Crippen LogP) is 3.64. The predicted molar refractivity (Wildman–Crippen MR) is 92.4 cm³/mol. The van der Waals surface area contributed by atoms with Gasteiger partial charge in [0.05, 0.1) is 6.61 Å². The van der Waals surface area contributed by atoms with Crippen LogP contribution in [0.2, 0.25) is 0 Å². The van der Waals surface area contributed by atoms with Crippen LogP contribution in [-0.2, 0) is 14.3 Å². The maximum Gasteiger partial charge on any atom is 0.413 e. The summed E-state index contributed by atoms with van der Waals surface area (Å²) in [5.41, 5.74) is -0.597. The molecule has 1 aromatic carbocycles. The second kappa shape index (κ2) is 6.77. The van der Waals surface area contributed by atoms with Gasteiger partial charge in [0, 0.05) is 0 Å². The Morgan fingerprint density at radius 3 is 2.46 bits per heavy atom. The standard InChI is InChI=1S/C19H25NO4/c1-18(2,3)24-17(22)20-15(13-23-19(20,4)5)16(21)12-11-14-9-7-6-8-10-14/h6-12,15H,13H2,1-5H3/b12-11+/t15-/m0/s1. The van der Waals surface area contributed by atoms with Gasteiger partial charge in [0.25, 0.3) is 0 Å². The first kappa shape index (κ1) is 18.2. The normalized spacial score (nSPS) is 20.4. The average Bonchev–Trinajstić information content (AvgIpc) is 2.79. The minimum absolute atomic E-state index is 0.157. The van der Waals surface area contributed by atoms with Crippen LogP contribution < -0.4 is 0 Å². The van der Waals surface area contributed by atoms with Gasteiger partial charge in [-0.3, -0.25) is 9.69 Å². The van der Waals surface area contributed by atoms with Crippen molar-refractivity contribution in [2.75, 3.05) is 6.61 Å². The number of benzene rings is 1. The molecule has 0 aliphatic carbocycles. The SMILES string of the molecule is CC(C)(C)OC(=O)N1[C@H](C(=O)/C=C/c2ccccc2)COC1(C)C. The van der Waals surface area contributed by atoms with Gasteiger partial charge >= 0.3 is 6.09 Å². The molecule has 1 saturated heterocycles. The van der Waals surface area contributed by atoms with E-state index in [1.54, 1.807) is 40.7 Å². The zero-order valence-corrected chi connectivity index (χ0v) is 14.9. The lowest BCUT2D eigenvalue weighted by Gasteiger charge is -2.34. The summed E-state index contributed by atoms with van der Waals surface area (Å²) in [5.74, 6) is -0.185. The number of ether oxygens (including phenoxy) is 2. The number of amides is 1. The van der Waals surface area contributed by atoms with Gasteiger partial charge in [0.15, 0.2) is 5.78 Å². The lowest BCUT2D eigenvalue weighted by molar-refractivity contribution is -0.120. The Kier molecular flexibility index (Phi) is 5.13. The van der Waals surface area contributed by atoms with Gasteiger partial charge in [-0.1, -0.05) is 36.4 Å². The molecule has 1 aliphatic rings. The van der Waals surface area contributed by atoms with Crippen molar-refractivity contribution in [2.24, 2.45) is 0 Å². The fourth-order valence-corrected chi connectivity index (χ4v) is 2.52. The monoisotopic (exact) mass is 331 g/mol. The maximum absolute atomic E-state index is 12.6. The van der Waals surface area contributed by atoms with Crippen molar-refractivity contribution < 1.29 is 19.1 Å². The molecule has 2 rings (SSSR count). The maximum atomic E-state index is 12.6. The molecule has 130 valence electrons. The molecule has 1 aromatic rings. The largest absolute Gasteiger partial charge is 0.444 e. The molecule has 1 aliphatic heterocycles. The number of rotatable bonds is 3. The summed E-state index contributed by atoms with van der Waals surface area (Å²) in [7, 11) is 0. The first-order chi connectivity index (χ1) is 11.1. The van der Waals surface area contributed by atoms with E-state index in [2.05, 4.69) is 0 Å². The van der Waals surface area contributed by atoms with E-state index in [0.29, 0.717) is 0 Å². The van der Waals surface area contributed by atoms with E-state index in [1.807, 2.05) is 30.3 Å². The Hall–Kier alpha value is -2.14. The number of hydrogen-bond donors (Lipinski definition) is 0. The quantitative estimate of drug-likeness (QED) is 0.794. The molecule has 0 saturated carbocycles. The van der Waals surface area contributed by atoms with E-state index in [-0.39, 0.29) is 12.4 Å². The smallest absolute Gasteiger partial charge is 0.413 e. The third kappa shape index (κ3) is 4.45. The van der Waals surface area contributed by atoms with Crippen LogP contribution in [0.5, 0.6) is 0 Å². The molecule has 1 amide bonds. The van der Waals surface area contributed by atoms with Crippen molar-refractivity contribution in [3.8, 4) is 0 Å². The van der Waals surface area contributed by atoms with Crippen molar-refractivity contribution >= 4 is 18.0 Å². The number of ketones is 1. The van der Waals surface area contributed by atoms with Crippen molar-refractivity contribution in [3.05, 3.63) is 42.0 Å². The van der Waals surface area contributed by atoms with E-state index in [0.717, 1.165) is 5.56 Å². The minimum Gasteiger partial charge on any atom is -0.444 e. The van der Waals surface area contributed by atoms with Crippen LogP contribution in [0.3, 0.4) is 0 Å². The van der Waals surface area contributed by atoms with Crippen LogP contribution in [-0.4, -0.2) is 40.8 Å². The molecule has 24 heavy (non-hydrogen) atoms. The Labute approximate surface area is 143 Å². The fourth-order valence-electron chi connectivity index (χ4n) is 2.52. The van der Waals surface area contributed by atoms with E-state index >= 15 is 0 Å². The lowest BCUT2D eigenvalue weighted by atomic mass is 10.1. The van der Waals surface area contributed by atoms with Crippen LogP contribution in [0.15, 0.2) is 36.4 Å². The average molecular weight is 331 g/mol. The van der Waals surface area contributed by atoms with Crippen molar-refractivity contribution in [3.63, 3.8) is 0 Å². The molecule has 5 heteroatoms. The van der Waals surface area contributed by atoms with Crippen LogP contribution in [0, 0.1) is 0 Å². The number of nitrogens with zero attached hydrogens (tertiary/aromatic N) is 1. The summed E-state index contributed by atoms with van der Waals surface area (Å²) < 4.78 is 11.1. The summed E-state index contributed by atoms with van der Waals surface area (Å²) in [6, 6.07) is 8.85. The molecule has 0 unspecified atom stereocenters. The van der Waals surface area contributed by atoms with Crippen LogP contribution >= 0.6 is 0 Å². The molecular formula is C19H25NO4. The molecule has 1 atom stereocenters. The fraction of sp³-hybridized carbons (Fsp3) is 0.474. The summed E-state index contributed by atoms with van der Waals surface area (Å²) in [6.45, 7) is 9.04. The molecule has 5 nitrogen and oxygen atoms in total. The number of carbonyl (C=O) groups excluding carboxylic acids is 2. The van der Waals surface area contributed by atoms with Crippen molar-refractivity contribution in [1.82, 2.24) is 4.90 Å². The Balaban J connectivity index is 2.16. The lowest BCUT2D eigenvalue weighted by Crippen LogP contribution is -2.51.